The van der Waals surface area contributed by atoms with Crippen LogP contribution in [-0.4, -0.2) is 66.5 Å². The van der Waals surface area contributed by atoms with Crippen molar-refractivity contribution >= 4 is 23.3 Å². The molecule has 33 heavy (non-hydrogen) atoms. The van der Waals surface area contributed by atoms with E-state index in [0.29, 0.717) is 24.2 Å². The van der Waals surface area contributed by atoms with Gasteiger partial charge in [0.2, 0.25) is 5.91 Å². The number of fused-ring (bicyclic) bond motifs is 1. The number of thiazole rings is 1. The zero-order chi connectivity index (χ0) is 24.0. The fourth-order valence-corrected chi connectivity index (χ4v) is 5.75. The van der Waals surface area contributed by atoms with Crippen LogP contribution < -0.4 is 5.32 Å². The molecule has 0 aromatic carbocycles. The van der Waals surface area contributed by atoms with Crippen LogP contribution in [0.5, 0.6) is 0 Å². The molecule has 3 unspecified atom stereocenters. The highest BCUT2D eigenvalue weighted by atomic mass is 32.1. The molecule has 1 N–H and O–H groups in total. The number of carbonyl (C=O) groups is 1. The third kappa shape index (κ3) is 7.76. The van der Waals surface area contributed by atoms with E-state index >= 15 is 0 Å². The second kappa shape index (κ2) is 12.3. The molecule has 3 rings (SSSR count). The molecular weight excluding hydrogens is 428 g/mol. The number of aryl methyl sites for hydroxylation is 1. The van der Waals surface area contributed by atoms with E-state index in [2.05, 4.69) is 68.6 Å². The molecular formula is C27H44N4OS. The quantitative estimate of drug-likeness (QED) is 0.477. The van der Waals surface area contributed by atoms with Crippen LogP contribution in [0.2, 0.25) is 0 Å². The minimum Gasteiger partial charge on any atom is -0.353 e. The lowest BCUT2D eigenvalue weighted by Crippen LogP contribution is -2.45. The largest absolute Gasteiger partial charge is 0.353 e. The van der Waals surface area contributed by atoms with Crippen LogP contribution in [0.4, 0.5) is 0 Å². The Hall–Kier alpha value is -1.50. The standard InChI is InChI=1S/C27H44N4OS/c1-7-21(5)24(16-20(4)18-31-14-12-30(6)13-15-31)28-26(32)10-11-27-29-23-9-8-22(19(2)3)17-25(23)33-27/h8-9,19,21-22,24H,4,7,10-18H2,1-3,5-6H3,(H,28,32). The van der Waals surface area contributed by atoms with Crippen LogP contribution in [0.15, 0.2) is 18.2 Å². The number of hydrogen-bond donors (Lipinski definition) is 1. The molecule has 1 amide bonds. The molecule has 0 radical (unpaired) electrons. The van der Waals surface area contributed by atoms with E-state index in [0.717, 1.165) is 69.1 Å². The van der Waals surface area contributed by atoms with Crippen molar-refractivity contribution < 1.29 is 4.79 Å². The molecule has 6 heteroatoms. The lowest BCUT2D eigenvalue weighted by Gasteiger charge is -2.33. The van der Waals surface area contributed by atoms with Gasteiger partial charge in [-0.3, -0.25) is 9.69 Å². The first-order valence-electron chi connectivity index (χ1n) is 12.8. The highest BCUT2D eigenvalue weighted by Crippen LogP contribution is 2.31. The number of nitrogens with one attached hydrogen (secondary N) is 1. The summed E-state index contributed by atoms with van der Waals surface area (Å²) in [4.78, 5) is 23.9. The van der Waals surface area contributed by atoms with Crippen molar-refractivity contribution in [2.45, 2.75) is 65.8 Å². The number of nitrogens with zero attached hydrogens (tertiary/aromatic N) is 3. The molecule has 2 aliphatic rings. The first-order valence-corrected chi connectivity index (χ1v) is 13.6. The lowest BCUT2D eigenvalue weighted by atomic mass is 9.88. The van der Waals surface area contributed by atoms with Crippen LogP contribution in [-0.2, 0) is 17.6 Å². The number of allylic oxidation sites excluding steroid dienone is 1. The monoisotopic (exact) mass is 472 g/mol. The molecule has 1 aromatic rings. The predicted molar refractivity (Wildman–Crippen MR) is 141 cm³/mol. The van der Waals surface area contributed by atoms with E-state index in [1.54, 1.807) is 11.3 Å². The summed E-state index contributed by atoms with van der Waals surface area (Å²) in [5.74, 6) is 1.82. The van der Waals surface area contributed by atoms with Crippen molar-refractivity contribution in [1.29, 1.82) is 0 Å². The van der Waals surface area contributed by atoms with E-state index in [1.165, 1.54) is 10.5 Å². The van der Waals surface area contributed by atoms with Gasteiger partial charge < -0.3 is 10.2 Å². The summed E-state index contributed by atoms with van der Waals surface area (Å²) in [6.07, 6.45) is 8.69. The number of piperazine rings is 1. The van der Waals surface area contributed by atoms with Crippen LogP contribution in [0, 0.1) is 17.8 Å². The van der Waals surface area contributed by atoms with E-state index in [9.17, 15) is 4.79 Å². The van der Waals surface area contributed by atoms with Crippen LogP contribution in [0.1, 0.15) is 62.5 Å². The Bertz CT molecular complexity index is 822. The Balaban J connectivity index is 1.48. The predicted octanol–water partition coefficient (Wildman–Crippen LogP) is 4.64. The van der Waals surface area contributed by atoms with Gasteiger partial charge in [-0.15, -0.1) is 11.3 Å². The highest BCUT2D eigenvalue weighted by Gasteiger charge is 2.23. The molecule has 1 aliphatic heterocycles. The van der Waals surface area contributed by atoms with E-state index in [-0.39, 0.29) is 11.9 Å². The van der Waals surface area contributed by atoms with Gasteiger partial charge in [0.05, 0.1) is 10.7 Å². The van der Waals surface area contributed by atoms with Gasteiger partial charge in [0.1, 0.15) is 0 Å². The van der Waals surface area contributed by atoms with Gasteiger partial charge in [0.15, 0.2) is 0 Å². The smallest absolute Gasteiger partial charge is 0.220 e. The first kappa shape index (κ1) is 26.1. The number of carbonyl (C=O) groups excluding carboxylic acids is 1. The third-order valence-corrected chi connectivity index (χ3v) is 8.50. The summed E-state index contributed by atoms with van der Waals surface area (Å²) in [5.41, 5.74) is 2.34. The topological polar surface area (TPSA) is 48.5 Å². The first-order chi connectivity index (χ1) is 15.7. The maximum absolute atomic E-state index is 12.8. The second-order valence-corrected chi connectivity index (χ2v) is 11.6. The molecule has 5 nitrogen and oxygen atoms in total. The number of likely N-dealkylation sites (N-methyl/N-ethyl adjacent to an activating group) is 1. The fourth-order valence-electron chi connectivity index (χ4n) is 4.63. The molecule has 3 atom stereocenters. The molecule has 0 saturated carbocycles. The zero-order valence-corrected chi connectivity index (χ0v) is 22.2. The SMILES string of the molecule is C=C(CC(NC(=O)CCc1nc2c(s1)CC(C(C)C)C=C2)C(C)CC)CN1CCN(C)CC1. The maximum Gasteiger partial charge on any atom is 0.220 e. The molecule has 0 bridgehead atoms. The Morgan fingerprint density at radius 1 is 1.27 bits per heavy atom. The van der Waals surface area contributed by atoms with Crippen molar-refractivity contribution in [3.8, 4) is 0 Å². The van der Waals surface area contributed by atoms with Crippen molar-refractivity contribution in [3.05, 3.63) is 33.8 Å². The summed E-state index contributed by atoms with van der Waals surface area (Å²) < 4.78 is 0. The average molecular weight is 473 g/mol. The average Bonchev–Trinajstić information content (AvgIpc) is 3.20. The van der Waals surface area contributed by atoms with Gasteiger partial charge in [0.25, 0.3) is 0 Å². The van der Waals surface area contributed by atoms with Gasteiger partial charge in [0, 0.05) is 56.5 Å². The summed E-state index contributed by atoms with van der Waals surface area (Å²) in [6.45, 7) is 18.7. The molecule has 1 aromatic heterocycles. The van der Waals surface area contributed by atoms with Gasteiger partial charge in [-0.1, -0.05) is 52.3 Å². The summed E-state index contributed by atoms with van der Waals surface area (Å²) in [7, 11) is 2.18. The second-order valence-electron chi connectivity index (χ2n) is 10.5. The lowest BCUT2D eigenvalue weighted by molar-refractivity contribution is -0.122. The third-order valence-electron chi connectivity index (χ3n) is 7.35. The van der Waals surface area contributed by atoms with E-state index < -0.39 is 0 Å². The molecule has 0 spiro atoms. The number of aromatic nitrogens is 1. The van der Waals surface area contributed by atoms with Crippen molar-refractivity contribution in [1.82, 2.24) is 20.1 Å². The van der Waals surface area contributed by atoms with Gasteiger partial charge in [-0.25, -0.2) is 4.98 Å². The Morgan fingerprint density at radius 2 is 2.00 bits per heavy atom. The molecule has 2 heterocycles. The van der Waals surface area contributed by atoms with Crippen LogP contribution in [0.25, 0.3) is 6.08 Å². The molecule has 1 fully saturated rings. The van der Waals surface area contributed by atoms with Gasteiger partial charge >= 0.3 is 0 Å². The Kier molecular flexibility index (Phi) is 9.71. The molecule has 184 valence electrons. The van der Waals surface area contributed by atoms with Gasteiger partial charge in [-0.05, 0) is 43.7 Å². The summed E-state index contributed by atoms with van der Waals surface area (Å²) in [6, 6.07) is 0.154. The fraction of sp³-hybridized carbons (Fsp3) is 0.704. The molecule has 1 aliphatic carbocycles. The van der Waals surface area contributed by atoms with Crippen LogP contribution in [0.3, 0.4) is 0 Å². The summed E-state index contributed by atoms with van der Waals surface area (Å²) >= 11 is 1.79. The van der Waals surface area contributed by atoms with Crippen LogP contribution >= 0.6 is 11.3 Å². The van der Waals surface area contributed by atoms with Crippen molar-refractivity contribution in [2.75, 3.05) is 39.8 Å². The minimum atomic E-state index is 0.136. The minimum absolute atomic E-state index is 0.136. The summed E-state index contributed by atoms with van der Waals surface area (Å²) in [5, 5.41) is 4.42. The Morgan fingerprint density at radius 3 is 2.67 bits per heavy atom. The maximum atomic E-state index is 12.8. The van der Waals surface area contributed by atoms with Crippen molar-refractivity contribution in [3.63, 3.8) is 0 Å². The van der Waals surface area contributed by atoms with Gasteiger partial charge in [-0.2, -0.15) is 0 Å². The normalized spacial score (nSPS) is 21.1. The highest BCUT2D eigenvalue weighted by molar-refractivity contribution is 7.11. The number of rotatable bonds is 11. The van der Waals surface area contributed by atoms with Crippen molar-refractivity contribution in [2.24, 2.45) is 17.8 Å². The molecule has 1 saturated heterocycles. The number of hydrogen-bond acceptors (Lipinski definition) is 5. The zero-order valence-electron chi connectivity index (χ0n) is 21.4. The Labute approximate surface area is 205 Å². The van der Waals surface area contributed by atoms with E-state index in [1.807, 2.05) is 0 Å². The van der Waals surface area contributed by atoms with E-state index in [4.69, 9.17) is 4.98 Å². The number of amides is 1.